The van der Waals surface area contributed by atoms with Crippen LogP contribution in [0, 0.1) is 0 Å². The van der Waals surface area contributed by atoms with Gasteiger partial charge in [0.2, 0.25) is 10.0 Å². The minimum atomic E-state index is -3.55. The number of hydrogen-bond acceptors (Lipinski definition) is 2. The van der Waals surface area contributed by atoms with Crippen molar-refractivity contribution >= 4 is 10.0 Å². The number of benzene rings is 2. The highest BCUT2D eigenvalue weighted by atomic mass is 32.2. The molecule has 0 aliphatic heterocycles. The predicted octanol–water partition coefficient (Wildman–Crippen LogP) is 4.23. The van der Waals surface area contributed by atoms with Gasteiger partial charge in [-0.05, 0) is 30.5 Å². The highest BCUT2D eigenvalue weighted by Gasteiger charge is 2.20. The van der Waals surface area contributed by atoms with Crippen LogP contribution in [0.5, 0.6) is 0 Å². The van der Waals surface area contributed by atoms with E-state index < -0.39 is 10.0 Å². The second-order valence-corrected chi connectivity index (χ2v) is 6.84. The summed E-state index contributed by atoms with van der Waals surface area (Å²) in [6.07, 6.45) is 7.13. The van der Waals surface area contributed by atoms with Gasteiger partial charge in [-0.25, -0.2) is 13.1 Å². The summed E-state index contributed by atoms with van der Waals surface area (Å²) in [6, 6.07) is 17.7. The average molecular weight is 327 g/mol. The second-order valence-electron chi connectivity index (χ2n) is 5.13. The summed E-state index contributed by atoms with van der Waals surface area (Å²) in [7, 11) is -3.55. The van der Waals surface area contributed by atoms with E-state index in [0.717, 1.165) is 12.0 Å². The standard InChI is InChI=1S/C19H21NO2S/c1-2-3-4-11-16-19(17-12-7-5-8-13-17)20-23(21,22)18-14-9-6-10-15-18/h2,4-15,19-20H,1,3,16H2/b11-4+. The summed E-state index contributed by atoms with van der Waals surface area (Å²) >= 11 is 0. The number of hydrogen-bond donors (Lipinski definition) is 1. The molecular formula is C19H21NO2S. The molecule has 0 heterocycles. The molecule has 3 nitrogen and oxygen atoms in total. The Labute approximate surface area is 138 Å². The van der Waals surface area contributed by atoms with Crippen molar-refractivity contribution in [2.75, 3.05) is 0 Å². The van der Waals surface area contributed by atoms with Crippen LogP contribution in [0.4, 0.5) is 0 Å². The minimum Gasteiger partial charge on any atom is -0.207 e. The molecule has 1 atom stereocenters. The summed E-state index contributed by atoms with van der Waals surface area (Å²) in [5, 5.41) is 0. The van der Waals surface area contributed by atoms with Gasteiger partial charge < -0.3 is 0 Å². The normalized spacial score (nSPS) is 13.0. The molecule has 2 rings (SSSR count). The van der Waals surface area contributed by atoms with Gasteiger partial charge in [-0.2, -0.15) is 0 Å². The van der Waals surface area contributed by atoms with Crippen LogP contribution in [0.3, 0.4) is 0 Å². The highest BCUT2D eigenvalue weighted by molar-refractivity contribution is 7.89. The smallest absolute Gasteiger partial charge is 0.207 e. The van der Waals surface area contributed by atoms with Gasteiger partial charge in [-0.1, -0.05) is 66.8 Å². The van der Waals surface area contributed by atoms with Crippen LogP contribution in [0.1, 0.15) is 24.4 Å². The second kappa shape index (κ2) is 8.46. The Bertz CT molecular complexity index is 737. The lowest BCUT2D eigenvalue weighted by Gasteiger charge is -2.18. The molecule has 0 aliphatic rings. The van der Waals surface area contributed by atoms with Crippen molar-refractivity contribution in [3.8, 4) is 0 Å². The van der Waals surface area contributed by atoms with Crippen molar-refractivity contribution in [2.24, 2.45) is 0 Å². The zero-order chi connectivity index (χ0) is 16.5. The Morgan fingerprint density at radius 3 is 2.17 bits per heavy atom. The SMILES string of the molecule is C=CC/C=C/CC(NS(=O)(=O)c1ccccc1)c1ccccc1. The van der Waals surface area contributed by atoms with E-state index in [1.165, 1.54) is 0 Å². The van der Waals surface area contributed by atoms with Gasteiger partial charge in [-0.15, -0.1) is 6.58 Å². The van der Waals surface area contributed by atoms with Gasteiger partial charge in [0.1, 0.15) is 0 Å². The molecule has 4 heteroatoms. The van der Waals surface area contributed by atoms with E-state index in [0.29, 0.717) is 6.42 Å². The number of nitrogens with one attached hydrogen (secondary N) is 1. The molecule has 0 aliphatic carbocycles. The Morgan fingerprint density at radius 2 is 1.57 bits per heavy atom. The molecule has 0 bridgehead atoms. The topological polar surface area (TPSA) is 46.2 Å². The lowest BCUT2D eigenvalue weighted by Crippen LogP contribution is -2.28. The molecule has 0 amide bonds. The van der Waals surface area contributed by atoms with Crippen LogP contribution < -0.4 is 4.72 Å². The third-order valence-corrected chi connectivity index (χ3v) is 4.88. The first-order valence-corrected chi connectivity index (χ1v) is 9.00. The molecular weight excluding hydrogens is 306 g/mol. The number of sulfonamides is 1. The first kappa shape index (κ1) is 17.2. The fraction of sp³-hybridized carbons (Fsp3) is 0.158. The van der Waals surface area contributed by atoms with Gasteiger partial charge in [0.05, 0.1) is 10.9 Å². The van der Waals surface area contributed by atoms with Gasteiger partial charge in [0.25, 0.3) is 0 Å². The molecule has 0 spiro atoms. The van der Waals surface area contributed by atoms with E-state index in [1.54, 1.807) is 30.3 Å². The first-order chi connectivity index (χ1) is 11.1. The third kappa shape index (κ3) is 5.20. The summed E-state index contributed by atoms with van der Waals surface area (Å²) < 4.78 is 27.9. The molecule has 23 heavy (non-hydrogen) atoms. The lowest BCUT2D eigenvalue weighted by molar-refractivity contribution is 0.557. The van der Waals surface area contributed by atoms with E-state index in [1.807, 2.05) is 48.6 Å². The molecule has 2 aromatic rings. The van der Waals surface area contributed by atoms with Crippen LogP contribution in [-0.4, -0.2) is 8.42 Å². The molecule has 0 saturated heterocycles. The molecule has 0 saturated carbocycles. The van der Waals surface area contributed by atoms with Crippen LogP contribution in [-0.2, 0) is 10.0 Å². The zero-order valence-electron chi connectivity index (χ0n) is 12.9. The Hall–Kier alpha value is -2.17. The molecule has 0 radical (unpaired) electrons. The summed E-state index contributed by atoms with van der Waals surface area (Å²) in [5.41, 5.74) is 0.940. The molecule has 120 valence electrons. The zero-order valence-corrected chi connectivity index (χ0v) is 13.7. The maximum absolute atomic E-state index is 12.6. The summed E-state index contributed by atoms with van der Waals surface area (Å²) in [6.45, 7) is 3.67. The molecule has 0 aromatic heterocycles. The quantitative estimate of drug-likeness (QED) is 0.738. The molecule has 2 aromatic carbocycles. The van der Waals surface area contributed by atoms with E-state index in [9.17, 15) is 8.42 Å². The molecule has 0 fully saturated rings. The average Bonchev–Trinajstić information content (AvgIpc) is 2.59. The maximum Gasteiger partial charge on any atom is 0.241 e. The summed E-state index contributed by atoms with van der Waals surface area (Å²) in [5.74, 6) is 0. The minimum absolute atomic E-state index is 0.274. The third-order valence-electron chi connectivity index (χ3n) is 3.39. The van der Waals surface area contributed by atoms with Gasteiger partial charge in [-0.3, -0.25) is 0 Å². The predicted molar refractivity (Wildman–Crippen MR) is 94.5 cm³/mol. The maximum atomic E-state index is 12.6. The number of rotatable bonds is 8. The Morgan fingerprint density at radius 1 is 0.957 bits per heavy atom. The van der Waals surface area contributed by atoms with E-state index >= 15 is 0 Å². The summed E-state index contributed by atoms with van der Waals surface area (Å²) in [4.78, 5) is 0.274. The van der Waals surface area contributed by atoms with Crippen LogP contribution >= 0.6 is 0 Å². The van der Waals surface area contributed by atoms with E-state index in [-0.39, 0.29) is 10.9 Å². The van der Waals surface area contributed by atoms with Crippen molar-refractivity contribution in [3.05, 3.63) is 91.0 Å². The van der Waals surface area contributed by atoms with Crippen molar-refractivity contribution in [1.82, 2.24) is 4.72 Å². The van der Waals surface area contributed by atoms with Crippen LogP contribution in [0.2, 0.25) is 0 Å². The molecule has 1 unspecified atom stereocenters. The van der Waals surface area contributed by atoms with Crippen molar-refractivity contribution in [1.29, 1.82) is 0 Å². The number of allylic oxidation sites excluding steroid dienone is 2. The highest BCUT2D eigenvalue weighted by Crippen LogP contribution is 2.21. The van der Waals surface area contributed by atoms with Crippen molar-refractivity contribution in [3.63, 3.8) is 0 Å². The van der Waals surface area contributed by atoms with Gasteiger partial charge >= 0.3 is 0 Å². The fourth-order valence-electron chi connectivity index (χ4n) is 2.22. The Balaban J connectivity index is 2.22. The fourth-order valence-corrected chi connectivity index (χ4v) is 3.48. The van der Waals surface area contributed by atoms with Crippen molar-refractivity contribution < 1.29 is 8.42 Å². The van der Waals surface area contributed by atoms with Crippen molar-refractivity contribution in [2.45, 2.75) is 23.8 Å². The van der Waals surface area contributed by atoms with Crippen LogP contribution in [0.25, 0.3) is 0 Å². The van der Waals surface area contributed by atoms with Gasteiger partial charge in [0, 0.05) is 0 Å². The van der Waals surface area contributed by atoms with E-state index in [4.69, 9.17) is 0 Å². The monoisotopic (exact) mass is 327 g/mol. The molecule has 1 N–H and O–H groups in total. The van der Waals surface area contributed by atoms with Gasteiger partial charge in [0.15, 0.2) is 0 Å². The lowest BCUT2D eigenvalue weighted by atomic mass is 10.0. The Kier molecular flexibility index (Phi) is 6.32. The van der Waals surface area contributed by atoms with E-state index in [2.05, 4.69) is 11.3 Å². The largest absolute Gasteiger partial charge is 0.241 e. The first-order valence-electron chi connectivity index (χ1n) is 7.51. The van der Waals surface area contributed by atoms with Crippen LogP contribution in [0.15, 0.2) is 90.4 Å².